The number of thiol groups is 1. The zero-order chi connectivity index (χ0) is 12.0. The molecule has 0 radical (unpaired) electrons. The maximum atomic E-state index is 11.6. The molecule has 16 heavy (non-hydrogen) atoms. The van der Waals surface area contributed by atoms with Crippen molar-refractivity contribution in [3.05, 3.63) is 47.0 Å². The molecule has 2 nitrogen and oxygen atoms in total. The molecule has 0 spiro atoms. The van der Waals surface area contributed by atoms with Gasteiger partial charge in [-0.1, -0.05) is 52.8 Å². The number of nitrogens with one attached hydrogen (secondary N) is 1. The fraction of sp³-hybridized carbons (Fsp3) is 0.250. The molecule has 0 aromatic heterocycles. The number of halogens is 1. The van der Waals surface area contributed by atoms with E-state index in [1.165, 1.54) is 0 Å². The third-order valence-electron chi connectivity index (χ3n) is 2.03. The lowest BCUT2D eigenvalue weighted by atomic mass is 10.1. The molecule has 0 aliphatic carbocycles. The van der Waals surface area contributed by atoms with Crippen molar-refractivity contribution in [3.63, 3.8) is 0 Å². The SMILES string of the molecule is C=C(Br)CNC(=O)C(S)Cc1ccccc1. The lowest BCUT2D eigenvalue weighted by Gasteiger charge is -2.11. The molecule has 0 saturated carbocycles. The van der Waals surface area contributed by atoms with Gasteiger partial charge >= 0.3 is 0 Å². The average molecular weight is 300 g/mol. The van der Waals surface area contributed by atoms with Crippen LogP contribution in [0.3, 0.4) is 0 Å². The Hall–Kier alpha value is -0.740. The Morgan fingerprint density at radius 1 is 1.44 bits per heavy atom. The molecule has 0 aliphatic heterocycles. The van der Waals surface area contributed by atoms with E-state index in [1.807, 2.05) is 30.3 Å². The number of hydrogen-bond acceptors (Lipinski definition) is 2. The summed E-state index contributed by atoms with van der Waals surface area (Å²) in [5, 5.41) is 2.42. The van der Waals surface area contributed by atoms with Crippen LogP contribution in [0.4, 0.5) is 0 Å². The molecule has 1 aromatic rings. The molecular weight excluding hydrogens is 286 g/mol. The van der Waals surface area contributed by atoms with E-state index in [1.54, 1.807) is 0 Å². The molecule has 0 heterocycles. The number of amides is 1. The highest BCUT2D eigenvalue weighted by Crippen LogP contribution is 2.08. The van der Waals surface area contributed by atoms with Crippen LogP contribution < -0.4 is 5.32 Å². The van der Waals surface area contributed by atoms with E-state index >= 15 is 0 Å². The molecule has 86 valence electrons. The van der Waals surface area contributed by atoms with Crippen LogP contribution in [0.1, 0.15) is 5.56 Å². The highest BCUT2D eigenvalue weighted by molar-refractivity contribution is 9.11. The van der Waals surface area contributed by atoms with Crippen molar-refractivity contribution in [3.8, 4) is 0 Å². The summed E-state index contributed by atoms with van der Waals surface area (Å²) in [5.74, 6) is -0.0761. The van der Waals surface area contributed by atoms with Crippen LogP contribution in [-0.4, -0.2) is 17.7 Å². The topological polar surface area (TPSA) is 29.1 Å². The molecule has 0 aliphatic rings. The first-order chi connectivity index (χ1) is 7.59. The Bertz CT molecular complexity index is 367. The van der Waals surface area contributed by atoms with Crippen molar-refractivity contribution in [1.82, 2.24) is 5.32 Å². The Labute approximate surface area is 110 Å². The summed E-state index contributed by atoms with van der Waals surface area (Å²) < 4.78 is 0.751. The lowest BCUT2D eigenvalue weighted by Crippen LogP contribution is -2.33. The highest BCUT2D eigenvalue weighted by atomic mass is 79.9. The Morgan fingerprint density at radius 3 is 2.62 bits per heavy atom. The monoisotopic (exact) mass is 299 g/mol. The average Bonchev–Trinajstić information content (AvgIpc) is 2.27. The minimum absolute atomic E-state index is 0.0761. The van der Waals surface area contributed by atoms with Crippen molar-refractivity contribution in [2.24, 2.45) is 0 Å². The van der Waals surface area contributed by atoms with Crippen LogP contribution in [0, 0.1) is 0 Å². The van der Waals surface area contributed by atoms with E-state index in [4.69, 9.17) is 0 Å². The molecule has 0 bridgehead atoms. The van der Waals surface area contributed by atoms with Crippen LogP contribution in [0.15, 0.2) is 41.4 Å². The van der Waals surface area contributed by atoms with Crippen LogP contribution >= 0.6 is 28.6 Å². The smallest absolute Gasteiger partial charge is 0.233 e. The first-order valence-electron chi connectivity index (χ1n) is 4.92. The largest absolute Gasteiger partial charge is 0.351 e. The van der Waals surface area contributed by atoms with Gasteiger partial charge < -0.3 is 5.32 Å². The molecule has 1 N–H and O–H groups in total. The summed E-state index contributed by atoms with van der Waals surface area (Å²) in [5.41, 5.74) is 1.11. The van der Waals surface area contributed by atoms with E-state index in [2.05, 4.69) is 40.5 Å². The van der Waals surface area contributed by atoms with Gasteiger partial charge in [-0.25, -0.2) is 0 Å². The van der Waals surface area contributed by atoms with Gasteiger partial charge in [-0.05, 0) is 12.0 Å². The van der Waals surface area contributed by atoms with Crippen LogP contribution in [0.25, 0.3) is 0 Å². The van der Waals surface area contributed by atoms with Gasteiger partial charge in [0.2, 0.25) is 5.91 Å². The zero-order valence-corrected chi connectivity index (χ0v) is 11.3. The Kier molecular flexibility index (Phi) is 5.63. The molecule has 0 fully saturated rings. The van der Waals surface area contributed by atoms with Crippen LogP contribution in [0.2, 0.25) is 0 Å². The van der Waals surface area contributed by atoms with Gasteiger partial charge in [0.15, 0.2) is 0 Å². The van der Waals surface area contributed by atoms with Gasteiger partial charge in [0.25, 0.3) is 0 Å². The second-order valence-corrected chi connectivity index (χ2v) is 5.19. The number of hydrogen-bond donors (Lipinski definition) is 2. The number of carbonyl (C=O) groups excluding carboxylic acids is 1. The van der Waals surface area contributed by atoms with Gasteiger partial charge in [-0.3, -0.25) is 4.79 Å². The fourth-order valence-corrected chi connectivity index (χ4v) is 1.67. The normalized spacial score (nSPS) is 11.9. The van der Waals surface area contributed by atoms with Crippen molar-refractivity contribution in [2.45, 2.75) is 11.7 Å². The summed E-state index contributed by atoms with van der Waals surface area (Å²) in [6.07, 6.45) is 0.630. The van der Waals surface area contributed by atoms with Crippen molar-refractivity contribution < 1.29 is 4.79 Å². The maximum absolute atomic E-state index is 11.6. The van der Waals surface area contributed by atoms with Gasteiger partial charge in [0.05, 0.1) is 5.25 Å². The maximum Gasteiger partial charge on any atom is 0.233 e. The van der Waals surface area contributed by atoms with E-state index in [0.717, 1.165) is 10.0 Å². The first kappa shape index (κ1) is 13.3. The lowest BCUT2D eigenvalue weighted by molar-refractivity contribution is -0.120. The summed E-state index contributed by atoms with van der Waals surface area (Å²) in [7, 11) is 0. The molecule has 1 atom stereocenters. The number of benzene rings is 1. The third-order valence-corrected chi connectivity index (χ3v) is 2.73. The van der Waals surface area contributed by atoms with E-state index in [9.17, 15) is 4.79 Å². The van der Waals surface area contributed by atoms with Crippen molar-refractivity contribution in [1.29, 1.82) is 0 Å². The molecular formula is C12H14BrNOS. The fourth-order valence-electron chi connectivity index (χ4n) is 1.23. The zero-order valence-electron chi connectivity index (χ0n) is 8.82. The van der Waals surface area contributed by atoms with Gasteiger partial charge in [0.1, 0.15) is 0 Å². The van der Waals surface area contributed by atoms with Crippen molar-refractivity contribution in [2.75, 3.05) is 6.54 Å². The van der Waals surface area contributed by atoms with Crippen LogP contribution in [-0.2, 0) is 11.2 Å². The van der Waals surface area contributed by atoms with E-state index in [0.29, 0.717) is 13.0 Å². The molecule has 1 amide bonds. The predicted octanol–water partition coefficient (Wildman–Crippen LogP) is 2.55. The molecule has 0 saturated heterocycles. The highest BCUT2D eigenvalue weighted by Gasteiger charge is 2.13. The quantitative estimate of drug-likeness (QED) is 0.804. The van der Waals surface area contributed by atoms with E-state index in [-0.39, 0.29) is 11.2 Å². The second kappa shape index (κ2) is 6.76. The summed E-state index contributed by atoms with van der Waals surface area (Å²) in [6, 6.07) is 9.83. The molecule has 1 unspecified atom stereocenters. The molecule has 1 rings (SSSR count). The standard InChI is InChI=1S/C12H14BrNOS/c1-9(13)8-14-12(15)11(16)7-10-5-3-2-4-6-10/h2-6,11,16H,1,7-8H2,(H,14,15). The minimum atomic E-state index is -0.325. The Morgan fingerprint density at radius 2 is 2.06 bits per heavy atom. The number of rotatable bonds is 5. The van der Waals surface area contributed by atoms with Gasteiger partial charge in [0, 0.05) is 11.0 Å². The third kappa shape index (κ3) is 4.86. The molecule has 4 heteroatoms. The van der Waals surface area contributed by atoms with Crippen molar-refractivity contribution >= 4 is 34.5 Å². The summed E-state index contributed by atoms with van der Waals surface area (Å²) in [4.78, 5) is 11.6. The molecule has 1 aromatic carbocycles. The number of carbonyl (C=O) groups is 1. The van der Waals surface area contributed by atoms with E-state index < -0.39 is 0 Å². The second-order valence-electron chi connectivity index (χ2n) is 3.44. The summed E-state index contributed by atoms with van der Waals surface area (Å²) in [6.45, 7) is 4.08. The summed E-state index contributed by atoms with van der Waals surface area (Å²) >= 11 is 7.47. The van der Waals surface area contributed by atoms with Crippen LogP contribution in [0.5, 0.6) is 0 Å². The van der Waals surface area contributed by atoms with Gasteiger partial charge in [-0.2, -0.15) is 12.6 Å². The first-order valence-corrected chi connectivity index (χ1v) is 6.23. The predicted molar refractivity (Wildman–Crippen MR) is 74.0 cm³/mol. The van der Waals surface area contributed by atoms with Gasteiger partial charge in [-0.15, -0.1) is 0 Å². The Balaban J connectivity index is 2.43. The minimum Gasteiger partial charge on any atom is -0.351 e.